The van der Waals surface area contributed by atoms with E-state index in [1.807, 2.05) is 76.2 Å². The summed E-state index contributed by atoms with van der Waals surface area (Å²) >= 11 is 0. The monoisotopic (exact) mass is 400 g/mol. The average Bonchev–Trinajstić information content (AvgIpc) is 2.75. The number of rotatable bonds is 6. The van der Waals surface area contributed by atoms with Crippen molar-refractivity contribution < 1.29 is 9.59 Å². The summed E-state index contributed by atoms with van der Waals surface area (Å²) in [5, 5.41) is 0. The highest BCUT2D eigenvalue weighted by Crippen LogP contribution is 2.23. The summed E-state index contributed by atoms with van der Waals surface area (Å²) in [5.41, 5.74) is 4.65. The topological polar surface area (TPSA) is 40.6 Å². The first-order chi connectivity index (χ1) is 14.5. The molecule has 0 bridgehead atoms. The molecule has 0 aliphatic carbocycles. The number of hydrogen-bond acceptors (Lipinski definition) is 2. The summed E-state index contributed by atoms with van der Waals surface area (Å²) in [5.74, 6) is -0.348. The predicted octanol–water partition coefficient (Wildman–Crippen LogP) is 5.64. The molecule has 4 heteroatoms. The van der Waals surface area contributed by atoms with Gasteiger partial charge in [-0.2, -0.15) is 0 Å². The molecule has 0 aromatic heterocycles. The third-order valence-corrected chi connectivity index (χ3v) is 5.14. The minimum absolute atomic E-state index is 0.174. The normalized spacial score (nSPS) is 10.5. The van der Waals surface area contributed by atoms with Crippen LogP contribution in [-0.4, -0.2) is 24.9 Å². The highest BCUT2D eigenvalue weighted by molar-refractivity contribution is 6.16. The number of carbonyl (C=O) groups excluding carboxylic acids is 2. The number of nitrogens with zero attached hydrogens (tertiary/aromatic N) is 2. The second kappa shape index (κ2) is 9.40. The molecule has 30 heavy (non-hydrogen) atoms. The Morgan fingerprint density at radius 3 is 1.37 bits per heavy atom. The van der Waals surface area contributed by atoms with Gasteiger partial charge >= 0.3 is 0 Å². The maximum atomic E-state index is 13.5. The Hall–Kier alpha value is -3.40. The molecule has 0 radical (unpaired) electrons. The molecule has 3 aromatic carbocycles. The Balaban J connectivity index is 2.00. The Morgan fingerprint density at radius 2 is 1.03 bits per heavy atom. The van der Waals surface area contributed by atoms with Gasteiger partial charge in [0.2, 0.25) is 0 Å². The van der Waals surface area contributed by atoms with Gasteiger partial charge in [-0.15, -0.1) is 0 Å². The number of carbonyl (C=O) groups is 2. The van der Waals surface area contributed by atoms with Gasteiger partial charge in [-0.3, -0.25) is 9.59 Å². The van der Waals surface area contributed by atoms with Gasteiger partial charge in [0, 0.05) is 24.5 Å². The summed E-state index contributed by atoms with van der Waals surface area (Å²) in [6.07, 6.45) is 0. The summed E-state index contributed by atoms with van der Waals surface area (Å²) < 4.78 is 0. The Labute approximate surface area is 178 Å². The minimum atomic E-state index is -0.174. The predicted molar refractivity (Wildman–Crippen MR) is 124 cm³/mol. The zero-order valence-electron chi connectivity index (χ0n) is 18.1. The quantitative estimate of drug-likeness (QED) is 0.537. The lowest BCUT2D eigenvalue weighted by atomic mass is 10.0. The van der Waals surface area contributed by atoms with Gasteiger partial charge < -0.3 is 9.80 Å². The third kappa shape index (κ3) is 4.43. The summed E-state index contributed by atoms with van der Waals surface area (Å²) in [4.78, 5) is 30.4. The van der Waals surface area contributed by atoms with E-state index in [-0.39, 0.29) is 11.8 Å². The Bertz CT molecular complexity index is 974. The van der Waals surface area contributed by atoms with Gasteiger partial charge in [-0.05, 0) is 75.2 Å². The second-order valence-corrected chi connectivity index (χ2v) is 7.32. The minimum Gasteiger partial charge on any atom is -0.309 e. The van der Waals surface area contributed by atoms with Crippen LogP contribution in [0, 0.1) is 13.8 Å². The molecule has 154 valence electrons. The van der Waals surface area contributed by atoms with Crippen LogP contribution in [0.2, 0.25) is 0 Å². The molecular formula is C26H28N2O2. The Morgan fingerprint density at radius 1 is 0.633 bits per heavy atom. The van der Waals surface area contributed by atoms with Crippen molar-refractivity contribution >= 4 is 23.2 Å². The smallest absolute Gasteiger partial charge is 0.259 e. The molecule has 0 aliphatic rings. The second-order valence-electron chi connectivity index (χ2n) is 7.32. The molecule has 0 saturated carbocycles. The van der Waals surface area contributed by atoms with Crippen molar-refractivity contribution in [3.8, 4) is 0 Å². The molecule has 0 spiro atoms. The van der Waals surface area contributed by atoms with Gasteiger partial charge in [-0.25, -0.2) is 0 Å². The van der Waals surface area contributed by atoms with Gasteiger partial charge in [0.15, 0.2) is 0 Å². The largest absolute Gasteiger partial charge is 0.309 e. The van der Waals surface area contributed by atoms with E-state index < -0.39 is 0 Å². The van der Waals surface area contributed by atoms with Gasteiger partial charge in [-0.1, -0.05) is 36.4 Å². The molecular weight excluding hydrogens is 372 g/mol. The molecule has 0 saturated heterocycles. The molecule has 0 fully saturated rings. The number of aryl methyl sites for hydroxylation is 2. The van der Waals surface area contributed by atoms with Crippen LogP contribution in [0.4, 0.5) is 11.4 Å². The lowest BCUT2D eigenvalue weighted by Gasteiger charge is -2.25. The van der Waals surface area contributed by atoms with Gasteiger partial charge in [0.05, 0.1) is 11.1 Å². The fourth-order valence-electron chi connectivity index (χ4n) is 3.63. The first-order valence-corrected chi connectivity index (χ1v) is 10.3. The molecule has 2 amide bonds. The fraction of sp³-hybridized carbons (Fsp3) is 0.231. The van der Waals surface area contributed by atoms with Crippen LogP contribution in [0.3, 0.4) is 0 Å². The number of hydrogen-bond donors (Lipinski definition) is 0. The maximum absolute atomic E-state index is 13.5. The van der Waals surface area contributed by atoms with Crippen LogP contribution in [0.5, 0.6) is 0 Å². The first-order valence-electron chi connectivity index (χ1n) is 10.3. The van der Waals surface area contributed by atoms with E-state index >= 15 is 0 Å². The van der Waals surface area contributed by atoms with E-state index in [1.54, 1.807) is 34.1 Å². The van der Waals surface area contributed by atoms with Crippen molar-refractivity contribution in [3.63, 3.8) is 0 Å². The van der Waals surface area contributed by atoms with Crippen molar-refractivity contribution in [2.45, 2.75) is 27.7 Å². The van der Waals surface area contributed by atoms with Crippen LogP contribution in [0.25, 0.3) is 0 Å². The van der Waals surface area contributed by atoms with E-state index in [0.717, 1.165) is 22.5 Å². The lowest BCUT2D eigenvalue weighted by Crippen LogP contribution is -2.35. The van der Waals surface area contributed by atoms with Gasteiger partial charge in [0.25, 0.3) is 11.8 Å². The molecule has 3 rings (SSSR count). The molecule has 0 atom stereocenters. The van der Waals surface area contributed by atoms with Crippen LogP contribution in [0.1, 0.15) is 45.7 Å². The van der Waals surface area contributed by atoms with Gasteiger partial charge in [0.1, 0.15) is 0 Å². The Kier molecular flexibility index (Phi) is 6.68. The molecule has 0 aliphatic heterocycles. The van der Waals surface area contributed by atoms with Crippen molar-refractivity contribution in [2.24, 2.45) is 0 Å². The third-order valence-electron chi connectivity index (χ3n) is 5.14. The fourth-order valence-corrected chi connectivity index (χ4v) is 3.63. The average molecular weight is 401 g/mol. The van der Waals surface area contributed by atoms with Crippen molar-refractivity contribution in [1.82, 2.24) is 0 Å². The van der Waals surface area contributed by atoms with Crippen molar-refractivity contribution in [3.05, 3.63) is 95.1 Å². The number of anilines is 2. The van der Waals surface area contributed by atoms with E-state index in [0.29, 0.717) is 24.2 Å². The zero-order chi connectivity index (χ0) is 21.7. The number of amides is 2. The molecule has 0 N–H and O–H groups in total. The van der Waals surface area contributed by atoms with Crippen LogP contribution in [-0.2, 0) is 0 Å². The highest BCUT2D eigenvalue weighted by atomic mass is 16.2. The summed E-state index contributed by atoms with van der Waals surface area (Å²) in [7, 11) is 0. The summed E-state index contributed by atoms with van der Waals surface area (Å²) in [6, 6.07) is 22.8. The van der Waals surface area contributed by atoms with E-state index in [1.165, 1.54) is 0 Å². The standard InChI is InChI=1S/C26H28N2O2/c1-5-27(21-13-9-11-19(3)17-21)25(29)23-15-7-8-16-24(23)26(30)28(6-2)22-14-10-12-20(4)18-22/h7-18H,5-6H2,1-4H3. The van der Waals surface area contributed by atoms with Crippen molar-refractivity contribution in [1.29, 1.82) is 0 Å². The zero-order valence-corrected chi connectivity index (χ0v) is 18.1. The van der Waals surface area contributed by atoms with E-state index in [2.05, 4.69) is 0 Å². The van der Waals surface area contributed by atoms with Crippen LogP contribution < -0.4 is 9.80 Å². The molecule has 0 heterocycles. The van der Waals surface area contributed by atoms with E-state index in [9.17, 15) is 9.59 Å². The van der Waals surface area contributed by atoms with Crippen LogP contribution >= 0.6 is 0 Å². The lowest BCUT2D eigenvalue weighted by molar-refractivity contribution is 0.0955. The first kappa shape index (κ1) is 21.3. The van der Waals surface area contributed by atoms with Crippen LogP contribution in [0.15, 0.2) is 72.8 Å². The highest BCUT2D eigenvalue weighted by Gasteiger charge is 2.25. The SMILES string of the molecule is CCN(C(=O)c1ccccc1C(=O)N(CC)c1cccc(C)c1)c1cccc(C)c1. The maximum Gasteiger partial charge on any atom is 0.259 e. The molecule has 3 aromatic rings. The molecule has 0 unspecified atom stereocenters. The number of benzene rings is 3. The summed E-state index contributed by atoms with van der Waals surface area (Å²) in [6.45, 7) is 8.91. The molecule has 4 nitrogen and oxygen atoms in total. The van der Waals surface area contributed by atoms with E-state index in [4.69, 9.17) is 0 Å². The van der Waals surface area contributed by atoms with Crippen molar-refractivity contribution in [2.75, 3.05) is 22.9 Å².